The van der Waals surface area contributed by atoms with Crippen molar-refractivity contribution >= 4 is 143 Å². The van der Waals surface area contributed by atoms with Crippen LogP contribution >= 0.6 is 0 Å². The Morgan fingerprint density at radius 1 is 0.264 bits per heavy atom. The predicted octanol–water partition coefficient (Wildman–Crippen LogP) is 27.0. The predicted molar refractivity (Wildman–Crippen MR) is 454 cm³/mol. The Morgan fingerprint density at radius 2 is 0.591 bits per heavy atom. The van der Waals surface area contributed by atoms with Crippen molar-refractivity contribution in [2.45, 2.75) is 13.8 Å². The van der Waals surface area contributed by atoms with E-state index in [1.807, 2.05) is 78.9 Å². The van der Waals surface area contributed by atoms with E-state index < -0.39 is 0 Å². The molecule has 16 aromatic carbocycles. The smallest absolute Gasteiger partial charge is 0.188 e. The second-order valence-electron chi connectivity index (χ2n) is 27.8. The molecule has 0 amide bonds. The standard InChI is InChI=1S/C50H27N7.C50H37N3/c1-53-36-10-23-49-45(28-36)46-29-37(54-2)11-24-50(46)57(49)41-19-15-39(16-20-41)55(42-12-9-34-5-3-4-6-35(34)27-42)38-13-17-40(18-14-38)56-47-21-7-32(30-51)25-43(47)44-26-33(31-52)8-22-48(44)56;1-34-32-39(28-30-45(34)52-47-20-10-6-16-41(47)42-17-7-11-21-48(42)52)51(38-26-24-37(25-27-38)36-14-4-3-5-15-36)40-29-31-46(35(2)33-40)53-49-22-12-8-18-43(49)44-19-9-13-23-50(44)53/h3-29H;3-33H,1-2H3. The highest BCUT2D eigenvalue weighted by Gasteiger charge is 2.23. The third-order valence-electron chi connectivity index (χ3n) is 21.5. The average molecular weight is 1410 g/mol. The van der Waals surface area contributed by atoms with Crippen LogP contribution in [-0.2, 0) is 0 Å². The fourth-order valence-electron chi connectivity index (χ4n) is 16.4. The zero-order valence-corrected chi connectivity index (χ0v) is 60.0. The normalized spacial score (nSPS) is 11.3. The van der Waals surface area contributed by atoms with Crippen molar-refractivity contribution in [2.24, 2.45) is 0 Å². The summed E-state index contributed by atoms with van der Waals surface area (Å²) in [5.74, 6) is 0. The minimum absolute atomic E-state index is 0.557. The SMILES string of the molecule is Cc1cc(N(c2ccc(-c3ccccc3)cc2)c2ccc(-n3c4ccccc4c4ccccc43)c(C)c2)ccc1-n1c2ccccc2c2ccccc21.[C-]#[N+]c1ccc2c(c1)c1cc([N+]#[C-])ccc1n2-c1ccc(N(c2ccc(-n3c4ccc(C#N)cc4c4cc(C#N)ccc43)cc2)c2ccc3ccccc3c2)cc1. The molecule has 0 spiro atoms. The highest BCUT2D eigenvalue weighted by molar-refractivity contribution is 6.14. The lowest BCUT2D eigenvalue weighted by Gasteiger charge is -2.27. The van der Waals surface area contributed by atoms with Crippen LogP contribution in [0.2, 0.25) is 0 Å². The maximum atomic E-state index is 9.67. The molecule has 0 radical (unpaired) electrons. The topological polar surface area (TPSA) is 82.5 Å². The van der Waals surface area contributed by atoms with Crippen LogP contribution < -0.4 is 9.80 Å². The van der Waals surface area contributed by atoms with E-state index in [4.69, 9.17) is 13.1 Å². The molecule has 0 unspecified atom stereocenters. The van der Waals surface area contributed by atoms with E-state index in [-0.39, 0.29) is 0 Å². The van der Waals surface area contributed by atoms with Crippen molar-refractivity contribution in [1.82, 2.24) is 18.3 Å². The summed E-state index contributed by atoms with van der Waals surface area (Å²) in [6.45, 7) is 19.7. The number of anilines is 6. The summed E-state index contributed by atoms with van der Waals surface area (Å²) in [5, 5.41) is 30.4. The molecule has 0 aliphatic heterocycles. The Balaban J connectivity index is 0.000000149. The third-order valence-corrected chi connectivity index (χ3v) is 21.5. The Kier molecular flexibility index (Phi) is 16.0. The molecular formula is C100H64N10. The van der Waals surface area contributed by atoms with Gasteiger partial charge in [0, 0.05) is 89.2 Å². The molecule has 0 aliphatic carbocycles. The molecule has 20 aromatic rings. The number of nitriles is 2. The van der Waals surface area contributed by atoms with Gasteiger partial charge in [-0.2, -0.15) is 10.5 Å². The monoisotopic (exact) mass is 1400 g/mol. The highest BCUT2D eigenvalue weighted by atomic mass is 15.2. The number of nitrogens with zero attached hydrogens (tertiary/aromatic N) is 10. The maximum absolute atomic E-state index is 9.67. The zero-order valence-electron chi connectivity index (χ0n) is 60.0. The van der Waals surface area contributed by atoms with E-state index in [9.17, 15) is 10.5 Å². The van der Waals surface area contributed by atoms with Gasteiger partial charge in [-0.3, -0.25) is 0 Å². The van der Waals surface area contributed by atoms with Crippen LogP contribution in [0.15, 0.2) is 352 Å². The first-order valence-corrected chi connectivity index (χ1v) is 36.5. The van der Waals surface area contributed by atoms with Gasteiger partial charge in [-0.25, -0.2) is 9.69 Å². The molecule has 20 rings (SSSR count). The van der Waals surface area contributed by atoms with Gasteiger partial charge in [0.2, 0.25) is 0 Å². The molecule has 0 fully saturated rings. The number of hydrogen-bond acceptors (Lipinski definition) is 4. The molecule has 10 heteroatoms. The summed E-state index contributed by atoms with van der Waals surface area (Å²) >= 11 is 0. The molecule has 10 nitrogen and oxygen atoms in total. The van der Waals surface area contributed by atoms with Gasteiger partial charge in [0.15, 0.2) is 11.4 Å². The first-order valence-electron chi connectivity index (χ1n) is 36.5. The quantitative estimate of drug-likeness (QED) is 0.121. The number of aryl methyl sites for hydroxylation is 2. The summed E-state index contributed by atoms with van der Waals surface area (Å²) in [7, 11) is 0. The summed E-state index contributed by atoms with van der Waals surface area (Å²) < 4.78 is 9.19. The van der Waals surface area contributed by atoms with Gasteiger partial charge in [-0.1, -0.05) is 158 Å². The number of hydrogen-bond donors (Lipinski definition) is 0. The van der Waals surface area contributed by atoms with Crippen molar-refractivity contribution < 1.29 is 0 Å². The van der Waals surface area contributed by atoms with E-state index in [0.29, 0.717) is 22.5 Å². The first-order chi connectivity index (χ1) is 54.2. The van der Waals surface area contributed by atoms with Crippen LogP contribution in [0.1, 0.15) is 22.3 Å². The largest absolute Gasteiger partial charge is 0.310 e. The van der Waals surface area contributed by atoms with Crippen molar-refractivity contribution in [1.29, 1.82) is 10.5 Å². The number of rotatable bonds is 11. The molecule has 0 atom stereocenters. The van der Waals surface area contributed by atoms with Crippen LogP contribution in [0.3, 0.4) is 0 Å². The van der Waals surface area contributed by atoms with E-state index in [1.54, 1.807) is 0 Å². The fraction of sp³-hybridized carbons (Fsp3) is 0.0200. The molecule has 0 saturated carbocycles. The van der Waals surface area contributed by atoms with Crippen molar-refractivity contribution in [2.75, 3.05) is 9.80 Å². The Labute approximate surface area is 635 Å². The lowest BCUT2D eigenvalue weighted by Crippen LogP contribution is -2.11. The van der Waals surface area contributed by atoms with Gasteiger partial charge < -0.3 is 28.1 Å². The first kappa shape index (κ1) is 65.3. The second-order valence-corrected chi connectivity index (χ2v) is 27.8. The number of aromatic nitrogens is 4. The van der Waals surface area contributed by atoms with Gasteiger partial charge in [0.25, 0.3) is 0 Å². The summed E-state index contributed by atoms with van der Waals surface area (Å²) in [6, 6.07) is 127. The van der Waals surface area contributed by atoms with Crippen LogP contribution in [0.5, 0.6) is 0 Å². The molecule has 4 aromatic heterocycles. The molecule has 110 heavy (non-hydrogen) atoms. The van der Waals surface area contributed by atoms with Crippen molar-refractivity contribution in [3.05, 3.63) is 397 Å². The van der Waals surface area contributed by atoms with Crippen LogP contribution in [-0.4, -0.2) is 18.3 Å². The lowest BCUT2D eigenvalue weighted by molar-refractivity contribution is 1.13. The second kappa shape index (κ2) is 26.9. The Morgan fingerprint density at radius 3 is 1.01 bits per heavy atom. The van der Waals surface area contributed by atoms with Crippen molar-refractivity contribution in [3.8, 4) is 46.0 Å². The third kappa shape index (κ3) is 11.1. The van der Waals surface area contributed by atoms with Gasteiger partial charge in [-0.15, -0.1) is 0 Å². The fourth-order valence-corrected chi connectivity index (χ4v) is 16.4. The molecular weight excluding hydrogens is 1340 g/mol. The van der Waals surface area contributed by atoms with Crippen LogP contribution in [0, 0.1) is 49.7 Å². The zero-order chi connectivity index (χ0) is 74.1. The van der Waals surface area contributed by atoms with E-state index in [1.165, 1.54) is 77.2 Å². The molecule has 514 valence electrons. The number of para-hydroxylation sites is 4. The van der Waals surface area contributed by atoms with E-state index in [0.717, 1.165) is 99.9 Å². The van der Waals surface area contributed by atoms with Gasteiger partial charge in [0.05, 0.1) is 80.5 Å². The van der Waals surface area contributed by atoms with Crippen LogP contribution in [0.25, 0.3) is 142 Å². The molecule has 4 heterocycles. The molecule has 0 bridgehead atoms. The summed E-state index contributed by atoms with van der Waals surface area (Å²) in [5.41, 5.74) is 26.3. The Bertz CT molecular complexity index is 6680. The summed E-state index contributed by atoms with van der Waals surface area (Å²) in [4.78, 5) is 12.0. The molecule has 0 N–H and O–H groups in total. The minimum atomic E-state index is 0.557. The molecule has 0 aliphatic rings. The molecule has 0 saturated heterocycles. The van der Waals surface area contributed by atoms with Crippen LogP contribution in [0.4, 0.5) is 45.5 Å². The van der Waals surface area contributed by atoms with Crippen molar-refractivity contribution in [3.63, 3.8) is 0 Å². The average Bonchev–Trinajstić information content (AvgIpc) is 1.61. The Hall–Kier alpha value is -15.5. The van der Waals surface area contributed by atoms with E-state index >= 15 is 0 Å². The highest BCUT2D eigenvalue weighted by Crippen LogP contribution is 2.45. The van der Waals surface area contributed by atoms with Gasteiger partial charge in [-0.05, 0) is 252 Å². The minimum Gasteiger partial charge on any atom is -0.310 e. The summed E-state index contributed by atoms with van der Waals surface area (Å²) in [6.07, 6.45) is 0. The number of fused-ring (bicyclic) bond motifs is 13. The maximum Gasteiger partial charge on any atom is 0.188 e. The lowest BCUT2D eigenvalue weighted by atomic mass is 10.0. The van der Waals surface area contributed by atoms with Gasteiger partial charge in [0.1, 0.15) is 0 Å². The van der Waals surface area contributed by atoms with E-state index in [2.05, 4.69) is 337 Å². The van der Waals surface area contributed by atoms with Gasteiger partial charge >= 0.3 is 0 Å². The number of benzene rings is 16.